The van der Waals surface area contributed by atoms with E-state index in [1.807, 2.05) is 13.8 Å². The lowest BCUT2D eigenvalue weighted by atomic mass is 10.0. The molecule has 2 rings (SSSR count). The Kier molecular flexibility index (Phi) is 3.94. The number of amides is 2. The van der Waals surface area contributed by atoms with Gasteiger partial charge in [-0.25, -0.2) is 0 Å². The predicted octanol–water partition coefficient (Wildman–Crippen LogP) is 0.249. The summed E-state index contributed by atoms with van der Waals surface area (Å²) in [7, 11) is 0. The standard InChI is InChI=1S/C14H19N3O3/c1-8(2)12(15)14(19)17-7-11(13(16)18)20-10-6-4-3-5-9(10)17/h3-6,8,11-12H,7,15H2,1-2H3,(H2,16,18)/t11?,12-/m1/s1. The second kappa shape index (κ2) is 5.50. The zero-order valence-corrected chi connectivity index (χ0v) is 11.6. The lowest BCUT2D eigenvalue weighted by molar-refractivity contribution is -0.125. The summed E-state index contributed by atoms with van der Waals surface area (Å²) in [5.41, 5.74) is 11.8. The molecule has 6 heteroatoms. The highest BCUT2D eigenvalue weighted by atomic mass is 16.5. The Bertz CT molecular complexity index is 530. The molecule has 0 saturated heterocycles. The smallest absolute Gasteiger partial charge is 0.260 e. The Morgan fingerprint density at radius 1 is 1.35 bits per heavy atom. The number of hydrogen-bond acceptors (Lipinski definition) is 4. The third-order valence-electron chi connectivity index (χ3n) is 3.36. The molecule has 0 spiro atoms. The molecule has 1 heterocycles. The van der Waals surface area contributed by atoms with Crippen LogP contribution >= 0.6 is 0 Å². The first-order valence-corrected chi connectivity index (χ1v) is 6.53. The summed E-state index contributed by atoms with van der Waals surface area (Å²) in [6.07, 6.45) is -0.854. The summed E-state index contributed by atoms with van der Waals surface area (Å²) in [5.74, 6) is -0.367. The molecule has 20 heavy (non-hydrogen) atoms. The van der Waals surface area contributed by atoms with Crippen molar-refractivity contribution in [3.05, 3.63) is 24.3 Å². The number of rotatable bonds is 3. The van der Waals surface area contributed by atoms with Crippen LogP contribution in [-0.2, 0) is 9.59 Å². The highest BCUT2D eigenvalue weighted by Crippen LogP contribution is 2.33. The third-order valence-corrected chi connectivity index (χ3v) is 3.36. The average Bonchev–Trinajstić information content (AvgIpc) is 2.44. The molecule has 1 aliphatic rings. The van der Waals surface area contributed by atoms with Gasteiger partial charge in [-0.1, -0.05) is 26.0 Å². The van der Waals surface area contributed by atoms with Crippen LogP contribution in [0.3, 0.4) is 0 Å². The average molecular weight is 277 g/mol. The van der Waals surface area contributed by atoms with Crippen LogP contribution in [0.25, 0.3) is 0 Å². The minimum Gasteiger partial charge on any atom is -0.477 e. The molecule has 0 aliphatic carbocycles. The van der Waals surface area contributed by atoms with E-state index in [2.05, 4.69) is 0 Å². The van der Waals surface area contributed by atoms with Crippen molar-refractivity contribution in [1.82, 2.24) is 0 Å². The van der Waals surface area contributed by atoms with Gasteiger partial charge in [-0.15, -0.1) is 0 Å². The van der Waals surface area contributed by atoms with Crippen LogP contribution in [0, 0.1) is 5.92 Å². The van der Waals surface area contributed by atoms with Crippen LogP contribution in [0.5, 0.6) is 5.75 Å². The number of carbonyl (C=O) groups is 2. The van der Waals surface area contributed by atoms with Crippen LogP contribution in [0.4, 0.5) is 5.69 Å². The van der Waals surface area contributed by atoms with Gasteiger partial charge in [0.05, 0.1) is 18.3 Å². The van der Waals surface area contributed by atoms with Crippen LogP contribution in [0.1, 0.15) is 13.8 Å². The maximum atomic E-state index is 12.5. The number of para-hydroxylation sites is 2. The summed E-state index contributed by atoms with van der Waals surface area (Å²) < 4.78 is 5.50. The number of hydrogen-bond donors (Lipinski definition) is 2. The number of anilines is 1. The maximum Gasteiger partial charge on any atom is 0.260 e. The van der Waals surface area contributed by atoms with Gasteiger partial charge in [0.15, 0.2) is 6.10 Å². The number of benzene rings is 1. The molecule has 0 fully saturated rings. The molecule has 1 unspecified atom stereocenters. The summed E-state index contributed by atoms with van der Waals surface area (Å²) >= 11 is 0. The Morgan fingerprint density at radius 2 is 2.00 bits per heavy atom. The highest BCUT2D eigenvalue weighted by molar-refractivity contribution is 6.00. The number of ether oxygens (including phenoxy) is 1. The minimum atomic E-state index is -0.854. The molecular weight excluding hydrogens is 258 g/mol. The number of carbonyl (C=O) groups excluding carboxylic acids is 2. The van der Waals surface area contributed by atoms with E-state index in [9.17, 15) is 9.59 Å². The Hall–Kier alpha value is -2.08. The summed E-state index contributed by atoms with van der Waals surface area (Å²) in [4.78, 5) is 25.3. The number of fused-ring (bicyclic) bond motifs is 1. The topological polar surface area (TPSA) is 98.7 Å². The van der Waals surface area contributed by atoms with Crippen LogP contribution in [-0.4, -0.2) is 30.5 Å². The van der Waals surface area contributed by atoms with Crippen LogP contribution in [0.2, 0.25) is 0 Å². The van der Waals surface area contributed by atoms with Gasteiger partial charge >= 0.3 is 0 Å². The molecule has 1 aromatic carbocycles. The van der Waals surface area contributed by atoms with Crippen molar-refractivity contribution in [2.24, 2.45) is 17.4 Å². The minimum absolute atomic E-state index is 0.00420. The highest BCUT2D eigenvalue weighted by Gasteiger charge is 2.35. The van der Waals surface area contributed by atoms with E-state index in [0.29, 0.717) is 11.4 Å². The SMILES string of the molecule is CC(C)[C@@H](N)C(=O)N1CC(C(N)=O)Oc2ccccc21. The molecule has 2 atom stereocenters. The first-order chi connectivity index (χ1) is 9.41. The number of nitrogens with two attached hydrogens (primary N) is 2. The normalized spacial score (nSPS) is 19.2. The fourth-order valence-corrected chi connectivity index (χ4v) is 2.06. The van der Waals surface area contributed by atoms with Gasteiger partial charge in [0.1, 0.15) is 5.75 Å². The van der Waals surface area contributed by atoms with Crippen LogP contribution in [0.15, 0.2) is 24.3 Å². The Morgan fingerprint density at radius 3 is 2.60 bits per heavy atom. The van der Waals surface area contributed by atoms with Crippen molar-refractivity contribution < 1.29 is 14.3 Å². The first kappa shape index (κ1) is 14.3. The van der Waals surface area contributed by atoms with Crippen molar-refractivity contribution in [3.63, 3.8) is 0 Å². The fraction of sp³-hybridized carbons (Fsp3) is 0.429. The lowest BCUT2D eigenvalue weighted by Crippen LogP contribution is -2.54. The lowest BCUT2D eigenvalue weighted by Gasteiger charge is -2.35. The quantitative estimate of drug-likeness (QED) is 0.827. The van der Waals surface area contributed by atoms with Gasteiger partial charge in [-0.2, -0.15) is 0 Å². The van der Waals surface area contributed by atoms with E-state index in [0.717, 1.165) is 0 Å². The van der Waals surface area contributed by atoms with Gasteiger partial charge in [-0.05, 0) is 18.1 Å². The molecule has 2 amide bonds. The second-order valence-corrected chi connectivity index (χ2v) is 5.20. The molecule has 0 radical (unpaired) electrons. The van der Waals surface area contributed by atoms with E-state index in [1.165, 1.54) is 4.90 Å². The first-order valence-electron chi connectivity index (χ1n) is 6.53. The molecule has 108 valence electrons. The van der Waals surface area contributed by atoms with Gasteiger partial charge in [0, 0.05) is 0 Å². The third kappa shape index (κ3) is 2.60. The molecule has 4 N–H and O–H groups in total. The number of primary amides is 1. The zero-order chi connectivity index (χ0) is 14.9. The molecule has 1 aromatic rings. The van der Waals surface area contributed by atoms with Gasteiger partial charge in [0.25, 0.3) is 5.91 Å². The van der Waals surface area contributed by atoms with Crippen molar-refractivity contribution in [1.29, 1.82) is 0 Å². The molecule has 0 bridgehead atoms. The van der Waals surface area contributed by atoms with Crippen molar-refractivity contribution in [3.8, 4) is 5.75 Å². The van der Waals surface area contributed by atoms with E-state index in [1.54, 1.807) is 24.3 Å². The van der Waals surface area contributed by atoms with E-state index < -0.39 is 18.1 Å². The van der Waals surface area contributed by atoms with E-state index >= 15 is 0 Å². The van der Waals surface area contributed by atoms with Gasteiger partial charge in [0.2, 0.25) is 5.91 Å². The van der Waals surface area contributed by atoms with E-state index in [4.69, 9.17) is 16.2 Å². The van der Waals surface area contributed by atoms with Crippen molar-refractivity contribution in [2.75, 3.05) is 11.4 Å². The predicted molar refractivity (Wildman–Crippen MR) is 75.2 cm³/mol. The zero-order valence-electron chi connectivity index (χ0n) is 11.6. The maximum absolute atomic E-state index is 12.5. The summed E-state index contributed by atoms with van der Waals surface area (Å²) in [6, 6.07) is 6.40. The Balaban J connectivity index is 2.36. The largest absolute Gasteiger partial charge is 0.477 e. The fourth-order valence-electron chi connectivity index (χ4n) is 2.06. The Labute approximate surface area is 117 Å². The van der Waals surface area contributed by atoms with Gasteiger partial charge < -0.3 is 21.1 Å². The molecule has 6 nitrogen and oxygen atoms in total. The molecular formula is C14H19N3O3. The summed E-state index contributed by atoms with van der Waals surface area (Å²) in [6.45, 7) is 3.84. The van der Waals surface area contributed by atoms with Crippen molar-refractivity contribution >= 4 is 17.5 Å². The second-order valence-electron chi connectivity index (χ2n) is 5.20. The molecule has 0 aromatic heterocycles. The monoisotopic (exact) mass is 277 g/mol. The van der Waals surface area contributed by atoms with E-state index in [-0.39, 0.29) is 18.4 Å². The molecule has 0 saturated carbocycles. The van der Waals surface area contributed by atoms with Gasteiger partial charge in [-0.3, -0.25) is 9.59 Å². The van der Waals surface area contributed by atoms with Crippen LogP contribution < -0.4 is 21.1 Å². The number of nitrogens with zero attached hydrogens (tertiary/aromatic N) is 1. The summed E-state index contributed by atoms with van der Waals surface area (Å²) in [5, 5.41) is 0. The van der Waals surface area contributed by atoms with Crippen molar-refractivity contribution in [2.45, 2.75) is 26.0 Å². The molecule has 1 aliphatic heterocycles.